The molecule has 0 saturated carbocycles. The van der Waals surface area contributed by atoms with E-state index in [1.807, 2.05) is 31.3 Å². The van der Waals surface area contributed by atoms with Gasteiger partial charge in [0.1, 0.15) is 0 Å². The van der Waals surface area contributed by atoms with E-state index < -0.39 is 0 Å². The van der Waals surface area contributed by atoms with Gasteiger partial charge in [0.15, 0.2) is 5.78 Å². The molecule has 1 aliphatic carbocycles. The van der Waals surface area contributed by atoms with Crippen molar-refractivity contribution in [2.75, 3.05) is 0 Å². The third kappa shape index (κ3) is 2.08. The minimum atomic E-state index is 0.175. The summed E-state index contributed by atoms with van der Waals surface area (Å²) in [6.45, 7) is 0. The van der Waals surface area contributed by atoms with Crippen LogP contribution in [0, 0.1) is 0 Å². The van der Waals surface area contributed by atoms with Crippen LogP contribution in [0.25, 0.3) is 17.0 Å². The van der Waals surface area contributed by atoms with Crippen LogP contribution < -0.4 is 0 Å². The molecule has 0 saturated heterocycles. The first-order valence-electron chi connectivity index (χ1n) is 7.60. The van der Waals surface area contributed by atoms with Crippen LogP contribution in [-0.4, -0.2) is 10.4 Å². The predicted octanol–water partition coefficient (Wildman–Crippen LogP) is 4.39. The molecular weight excluding hydrogens is 270 g/mol. The first kappa shape index (κ1) is 13.1. The zero-order valence-corrected chi connectivity index (χ0v) is 12.5. The van der Waals surface area contributed by atoms with Crippen LogP contribution in [-0.2, 0) is 13.5 Å². The lowest BCUT2D eigenvalue weighted by Gasteiger charge is -2.17. The quantitative estimate of drug-likeness (QED) is 0.608. The summed E-state index contributed by atoms with van der Waals surface area (Å²) in [6, 6.07) is 16.4. The molecule has 0 amide bonds. The number of aryl methyl sites for hydroxylation is 2. The average molecular weight is 287 g/mol. The lowest BCUT2D eigenvalue weighted by atomic mass is 9.86. The van der Waals surface area contributed by atoms with Crippen molar-refractivity contribution in [1.82, 2.24) is 4.57 Å². The van der Waals surface area contributed by atoms with E-state index in [2.05, 4.69) is 41.1 Å². The van der Waals surface area contributed by atoms with Gasteiger partial charge in [-0.2, -0.15) is 0 Å². The number of benzene rings is 2. The summed E-state index contributed by atoms with van der Waals surface area (Å²) in [5, 5.41) is 1.23. The number of Topliss-reactive ketones (excluding diaryl/α,β-unsaturated/α-hetero) is 1. The van der Waals surface area contributed by atoms with Gasteiger partial charge < -0.3 is 4.57 Å². The van der Waals surface area contributed by atoms with Crippen molar-refractivity contribution in [2.45, 2.75) is 12.8 Å². The Labute approximate surface area is 129 Å². The van der Waals surface area contributed by atoms with Crippen LogP contribution in [0.1, 0.15) is 27.9 Å². The van der Waals surface area contributed by atoms with Crippen molar-refractivity contribution in [2.24, 2.45) is 7.05 Å². The zero-order chi connectivity index (χ0) is 15.1. The number of fused-ring (bicyclic) bond motifs is 2. The summed E-state index contributed by atoms with van der Waals surface area (Å²) in [7, 11) is 2.04. The maximum absolute atomic E-state index is 12.6. The molecule has 0 aliphatic heterocycles. The Balaban J connectivity index is 1.76. The molecule has 22 heavy (non-hydrogen) atoms. The molecule has 2 nitrogen and oxygen atoms in total. The Morgan fingerprint density at radius 1 is 1.05 bits per heavy atom. The number of rotatable bonds is 1. The second-order valence-corrected chi connectivity index (χ2v) is 5.90. The fourth-order valence-electron chi connectivity index (χ4n) is 3.22. The Bertz CT molecular complexity index is 914. The number of hydrogen-bond acceptors (Lipinski definition) is 1. The summed E-state index contributed by atoms with van der Waals surface area (Å²) in [6.07, 6.45) is 5.87. The van der Waals surface area contributed by atoms with E-state index in [0.29, 0.717) is 0 Å². The van der Waals surface area contributed by atoms with Gasteiger partial charge in [-0.15, -0.1) is 0 Å². The number of carbonyl (C=O) groups excluding carboxylic acids is 1. The second-order valence-electron chi connectivity index (χ2n) is 5.90. The van der Waals surface area contributed by atoms with Crippen molar-refractivity contribution in [3.63, 3.8) is 0 Å². The van der Waals surface area contributed by atoms with Gasteiger partial charge in [-0.1, -0.05) is 36.4 Å². The fourth-order valence-corrected chi connectivity index (χ4v) is 3.22. The maximum atomic E-state index is 12.6. The summed E-state index contributed by atoms with van der Waals surface area (Å²) >= 11 is 0. The molecule has 0 atom stereocenters. The van der Waals surface area contributed by atoms with Gasteiger partial charge >= 0.3 is 0 Å². The highest BCUT2D eigenvalue weighted by atomic mass is 16.1. The van der Waals surface area contributed by atoms with E-state index in [9.17, 15) is 4.79 Å². The summed E-state index contributed by atoms with van der Waals surface area (Å²) in [5.41, 5.74) is 5.23. The van der Waals surface area contributed by atoms with E-state index in [1.165, 1.54) is 16.5 Å². The van der Waals surface area contributed by atoms with Crippen LogP contribution in [0.3, 0.4) is 0 Å². The lowest BCUT2D eigenvalue weighted by Crippen LogP contribution is -2.13. The molecule has 0 radical (unpaired) electrons. The first-order chi connectivity index (χ1) is 10.7. The van der Waals surface area contributed by atoms with Gasteiger partial charge in [0.2, 0.25) is 0 Å². The van der Waals surface area contributed by atoms with Crippen LogP contribution in [0.15, 0.2) is 60.3 Å². The highest BCUT2D eigenvalue weighted by Crippen LogP contribution is 2.27. The molecule has 0 N–H and O–H groups in total. The van der Waals surface area contributed by atoms with Crippen molar-refractivity contribution >= 4 is 22.8 Å². The topological polar surface area (TPSA) is 22.0 Å². The van der Waals surface area contributed by atoms with E-state index in [0.717, 1.165) is 29.5 Å². The summed E-state index contributed by atoms with van der Waals surface area (Å²) in [5.74, 6) is 0.175. The van der Waals surface area contributed by atoms with Crippen molar-refractivity contribution in [1.29, 1.82) is 0 Å². The second kappa shape index (κ2) is 4.99. The Morgan fingerprint density at radius 2 is 1.91 bits per heavy atom. The van der Waals surface area contributed by atoms with Crippen molar-refractivity contribution < 1.29 is 4.79 Å². The van der Waals surface area contributed by atoms with Gasteiger partial charge in [-0.25, -0.2) is 0 Å². The van der Waals surface area contributed by atoms with Gasteiger partial charge in [-0.05, 0) is 47.6 Å². The molecule has 1 heterocycles. The van der Waals surface area contributed by atoms with Crippen LogP contribution in [0.4, 0.5) is 0 Å². The van der Waals surface area contributed by atoms with Crippen molar-refractivity contribution in [3.05, 3.63) is 77.0 Å². The van der Waals surface area contributed by atoms with E-state index in [4.69, 9.17) is 0 Å². The standard InChI is InChI=1S/C20H17NO/c1-21-11-10-16-7-6-14(13-19(16)21)12-17-9-8-15-4-2-3-5-18(15)20(17)22/h2-7,10-13H,8-9H2,1H3/b17-12+. The fraction of sp³-hybridized carbons (Fsp3) is 0.150. The normalized spacial score (nSPS) is 16.2. The molecule has 0 spiro atoms. The molecule has 2 aromatic carbocycles. The smallest absolute Gasteiger partial charge is 0.189 e. The number of nitrogens with zero attached hydrogens (tertiary/aromatic N) is 1. The maximum Gasteiger partial charge on any atom is 0.189 e. The van der Waals surface area contributed by atoms with E-state index >= 15 is 0 Å². The molecule has 108 valence electrons. The number of aromatic nitrogens is 1. The van der Waals surface area contributed by atoms with Gasteiger partial charge in [0, 0.05) is 29.9 Å². The average Bonchev–Trinajstić information content (AvgIpc) is 2.91. The van der Waals surface area contributed by atoms with Gasteiger partial charge in [0.25, 0.3) is 0 Å². The zero-order valence-electron chi connectivity index (χ0n) is 12.5. The first-order valence-corrected chi connectivity index (χ1v) is 7.60. The minimum Gasteiger partial charge on any atom is -0.351 e. The lowest BCUT2D eigenvalue weighted by molar-refractivity contribution is 0.102. The molecular formula is C20H17NO. The molecule has 0 fully saturated rings. The van der Waals surface area contributed by atoms with Crippen LogP contribution >= 0.6 is 0 Å². The monoisotopic (exact) mass is 287 g/mol. The molecule has 1 aliphatic rings. The van der Waals surface area contributed by atoms with Crippen LogP contribution in [0.5, 0.6) is 0 Å². The Hall–Kier alpha value is -2.61. The largest absolute Gasteiger partial charge is 0.351 e. The van der Waals surface area contributed by atoms with E-state index in [-0.39, 0.29) is 5.78 Å². The molecule has 1 aromatic heterocycles. The van der Waals surface area contributed by atoms with E-state index in [1.54, 1.807) is 0 Å². The highest BCUT2D eigenvalue weighted by Gasteiger charge is 2.21. The minimum absolute atomic E-state index is 0.175. The molecule has 2 heteroatoms. The highest BCUT2D eigenvalue weighted by molar-refractivity contribution is 6.13. The summed E-state index contributed by atoms with van der Waals surface area (Å²) in [4.78, 5) is 12.6. The predicted molar refractivity (Wildman–Crippen MR) is 90.0 cm³/mol. The third-order valence-corrected chi connectivity index (χ3v) is 4.47. The van der Waals surface area contributed by atoms with Crippen molar-refractivity contribution in [3.8, 4) is 0 Å². The third-order valence-electron chi connectivity index (χ3n) is 4.47. The molecule has 3 aromatic rings. The number of hydrogen-bond donors (Lipinski definition) is 0. The number of allylic oxidation sites excluding steroid dienone is 1. The Kier molecular flexibility index (Phi) is 2.97. The molecule has 0 bridgehead atoms. The van der Waals surface area contributed by atoms with Gasteiger partial charge in [-0.3, -0.25) is 4.79 Å². The molecule has 4 rings (SSSR count). The van der Waals surface area contributed by atoms with Crippen LogP contribution in [0.2, 0.25) is 0 Å². The number of ketones is 1. The number of carbonyl (C=O) groups is 1. The SMILES string of the molecule is Cn1ccc2ccc(/C=C3\CCc4ccccc4C3=O)cc21. The van der Waals surface area contributed by atoms with Gasteiger partial charge in [0.05, 0.1) is 0 Å². The summed E-state index contributed by atoms with van der Waals surface area (Å²) < 4.78 is 2.11. The molecule has 0 unspecified atom stereocenters. The Morgan fingerprint density at radius 3 is 2.82 bits per heavy atom.